The van der Waals surface area contributed by atoms with Gasteiger partial charge >= 0.3 is 0 Å². The summed E-state index contributed by atoms with van der Waals surface area (Å²) in [6.07, 6.45) is 6.65. The zero-order chi connectivity index (χ0) is 17.2. The molecule has 0 atom stereocenters. The maximum Gasteiger partial charge on any atom is 0.193 e. The fourth-order valence-electron chi connectivity index (χ4n) is 3.77. The number of guanidine groups is 1. The van der Waals surface area contributed by atoms with Gasteiger partial charge in [0.15, 0.2) is 15.8 Å². The van der Waals surface area contributed by atoms with E-state index in [2.05, 4.69) is 15.2 Å². The summed E-state index contributed by atoms with van der Waals surface area (Å²) in [5.41, 5.74) is 2.52. The van der Waals surface area contributed by atoms with Gasteiger partial charge in [0.25, 0.3) is 0 Å². The lowest BCUT2D eigenvalue weighted by Crippen LogP contribution is -2.42. The van der Waals surface area contributed by atoms with Crippen molar-refractivity contribution in [2.24, 2.45) is 10.4 Å². The number of nitrogens with zero attached hydrogens (tertiary/aromatic N) is 2. The highest BCUT2D eigenvalue weighted by Crippen LogP contribution is 2.47. The molecule has 1 aliphatic carbocycles. The molecule has 1 aliphatic heterocycles. The minimum Gasteiger partial charge on any atom is -0.352 e. The van der Waals surface area contributed by atoms with Crippen LogP contribution in [0.1, 0.15) is 36.8 Å². The van der Waals surface area contributed by atoms with Crippen LogP contribution in [0.4, 0.5) is 0 Å². The van der Waals surface area contributed by atoms with Gasteiger partial charge in [-0.2, -0.15) is 0 Å². The van der Waals surface area contributed by atoms with Gasteiger partial charge in [-0.05, 0) is 35.8 Å². The monoisotopic (exact) mass is 477 g/mol. The molecule has 1 spiro atoms. The van der Waals surface area contributed by atoms with Crippen molar-refractivity contribution < 1.29 is 8.42 Å². The molecule has 0 aromatic heterocycles. The average molecular weight is 477 g/mol. The number of aliphatic imine (C=N–C) groups is 1. The molecule has 0 radical (unpaired) electrons. The summed E-state index contributed by atoms with van der Waals surface area (Å²) in [5.74, 6) is 1.07. The largest absolute Gasteiger partial charge is 0.352 e. The molecule has 1 N–H and O–H groups in total. The van der Waals surface area contributed by atoms with Crippen LogP contribution in [0.3, 0.4) is 0 Å². The number of nitrogens with one attached hydrogen (secondary N) is 1. The molecule has 1 saturated carbocycles. The van der Waals surface area contributed by atoms with Gasteiger partial charge in [-0.3, -0.25) is 4.99 Å². The summed E-state index contributed by atoms with van der Waals surface area (Å²) in [6, 6.07) is 7.75. The maximum atomic E-state index is 11.3. The first kappa shape index (κ1) is 20.5. The molecular formula is C18H28IN3O2S. The van der Waals surface area contributed by atoms with Gasteiger partial charge in [-0.1, -0.05) is 30.7 Å². The van der Waals surface area contributed by atoms with Crippen LogP contribution in [0.15, 0.2) is 29.3 Å². The van der Waals surface area contributed by atoms with E-state index in [9.17, 15) is 8.42 Å². The molecule has 1 saturated heterocycles. The number of likely N-dealkylation sites (tertiary alicyclic amines) is 1. The van der Waals surface area contributed by atoms with Crippen molar-refractivity contribution >= 4 is 39.8 Å². The molecule has 0 bridgehead atoms. The Hall–Kier alpha value is -0.830. The van der Waals surface area contributed by atoms with Crippen LogP contribution < -0.4 is 5.32 Å². The van der Waals surface area contributed by atoms with Crippen LogP contribution in [0, 0.1) is 5.41 Å². The molecule has 1 aromatic rings. The second kappa shape index (κ2) is 8.24. The van der Waals surface area contributed by atoms with Crippen molar-refractivity contribution in [1.82, 2.24) is 10.2 Å². The molecular weight excluding hydrogens is 449 g/mol. The van der Waals surface area contributed by atoms with Crippen molar-refractivity contribution in [3.8, 4) is 0 Å². The number of benzene rings is 1. The van der Waals surface area contributed by atoms with Crippen molar-refractivity contribution in [3.63, 3.8) is 0 Å². The van der Waals surface area contributed by atoms with E-state index in [0.717, 1.165) is 30.2 Å². The van der Waals surface area contributed by atoms with Crippen LogP contribution in [-0.4, -0.2) is 45.7 Å². The zero-order valence-electron chi connectivity index (χ0n) is 15.0. The third-order valence-corrected chi connectivity index (χ3v) is 6.12. The highest BCUT2D eigenvalue weighted by atomic mass is 127. The third-order valence-electron chi connectivity index (χ3n) is 5.27. The lowest BCUT2D eigenvalue weighted by molar-refractivity contribution is 0.151. The first-order chi connectivity index (χ1) is 11.4. The van der Waals surface area contributed by atoms with Gasteiger partial charge < -0.3 is 10.2 Å². The smallest absolute Gasteiger partial charge is 0.193 e. The molecule has 2 fully saturated rings. The molecule has 0 amide bonds. The van der Waals surface area contributed by atoms with E-state index in [0.29, 0.717) is 12.0 Å². The zero-order valence-corrected chi connectivity index (χ0v) is 18.1. The van der Waals surface area contributed by atoms with E-state index in [1.165, 1.54) is 31.9 Å². The predicted octanol–water partition coefficient (Wildman–Crippen LogP) is 2.80. The Morgan fingerprint density at radius 3 is 2.32 bits per heavy atom. The lowest BCUT2D eigenvalue weighted by Gasteiger charge is -2.38. The molecule has 7 heteroatoms. The summed E-state index contributed by atoms with van der Waals surface area (Å²) >= 11 is 0. The van der Waals surface area contributed by atoms with E-state index in [1.54, 1.807) is 0 Å². The molecule has 1 heterocycles. The van der Waals surface area contributed by atoms with Crippen LogP contribution in [0.25, 0.3) is 0 Å². The first-order valence-corrected chi connectivity index (χ1v) is 10.7. The van der Waals surface area contributed by atoms with E-state index in [1.807, 2.05) is 31.3 Å². The minimum absolute atomic E-state index is 0. The van der Waals surface area contributed by atoms with E-state index >= 15 is 0 Å². The van der Waals surface area contributed by atoms with Crippen LogP contribution in [-0.2, 0) is 22.1 Å². The van der Waals surface area contributed by atoms with Crippen LogP contribution >= 0.6 is 24.0 Å². The van der Waals surface area contributed by atoms with Gasteiger partial charge in [0.1, 0.15) is 0 Å². The molecule has 25 heavy (non-hydrogen) atoms. The van der Waals surface area contributed by atoms with Crippen LogP contribution in [0.5, 0.6) is 0 Å². The summed E-state index contributed by atoms with van der Waals surface area (Å²) in [5, 5.41) is 3.44. The van der Waals surface area contributed by atoms with Crippen molar-refractivity contribution in [2.45, 2.75) is 38.0 Å². The highest BCUT2D eigenvalue weighted by molar-refractivity contribution is 14.0. The Morgan fingerprint density at radius 2 is 1.84 bits per heavy atom. The average Bonchev–Trinajstić information content (AvgIpc) is 2.94. The fraction of sp³-hybridized carbons (Fsp3) is 0.611. The van der Waals surface area contributed by atoms with Gasteiger partial charge in [0.2, 0.25) is 0 Å². The quantitative estimate of drug-likeness (QED) is 0.412. The Kier molecular flexibility index (Phi) is 6.75. The SMILES string of the molecule is CN=C(NCc1ccc(CS(C)(=O)=O)cc1)N1CCC2(CCC2)C1.I. The van der Waals surface area contributed by atoms with Crippen molar-refractivity contribution in [1.29, 1.82) is 0 Å². The van der Waals surface area contributed by atoms with E-state index in [-0.39, 0.29) is 29.7 Å². The summed E-state index contributed by atoms with van der Waals surface area (Å²) in [7, 11) is -1.14. The van der Waals surface area contributed by atoms with E-state index in [4.69, 9.17) is 0 Å². The number of hydrogen-bond donors (Lipinski definition) is 1. The Labute approximate surface area is 168 Å². The molecule has 140 valence electrons. The summed E-state index contributed by atoms with van der Waals surface area (Å²) < 4.78 is 22.7. The summed E-state index contributed by atoms with van der Waals surface area (Å²) in [4.78, 5) is 6.80. The topological polar surface area (TPSA) is 61.8 Å². The third kappa shape index (κ3) is 5.32. The van der Waals surface area contributed by atoms with Gasteiger partial charge in [0, 0.05) is 32.9 Å². The lowest BCUT2D eigenvalue weighted by atomic mass is 9.68. The number of rotatable bonds is 4. The number of sulfone groups is 1. The van der Waals surface area contributed by atoms with Gasteiger partial charge in [-0.15, -0.1) is 24.0 Å². The maximum absolute atomic E-state index is 11.3. The van der Waals surface area contributed by atoms with Crippen LogP contribution in [0.2, 0.25) is 0 Å². The molecule has 3 rings (SSSR count). The predicted molar refractivity (Wildman–Crippen MR) is 113 cm³/mol. The first-order valence-electron chi connectivity index (χ1n) is 8.60. The molecule has 0 unspecified atom stereocenters. The number of halogens is 1. The molecule has 5 nitrogen and oxygen atoms in total. The second-order valence-corrected chi connectivity index (χ2v) is 9.45. The van der Waals surface area contributed by atoms with E-state index < -0.39 is 9.84 Å². The summed E-state index contributed by atoms with van der Waals surface area (Å²) in [6.45, 7) is 2.92. The Morgan fingerprint density at radius 1 is 1.20 bits per heavy atom. The fourth-order valence-corrected chi connectivity index (χ4v) is 4.57. The molecule has 1 aromatic carbocycles. The standard InChI is InChI=1S/C18H27N3O2S.HI/c1-19-17(21-11-10-18(14-21)8-3-9-18)20-12-15-4-6-16(7-5-15)13-24(2,22)23;/h4-7H,3,8-14H2,1-2H3,(H,19,20);1H. The minimum atomic E-state index is -2.98. The van der Waals surface area contributed by atoms with Gasteiger partial charge in [0.05, 0.1) is 5.75 Å². The van der Waals surface area contributed by atoms with Crippen molar-refractivity contribution in [3.05, 3.63) is 35.4 Å². The number of hydrogen-bond acceptors (Lipinski definition) is 3. The Balaban J connectivity index is 0.00000225. The second-order valence-electron chi connectivity index (χ2n) is 7.31. The Bertz CT molecular complexity index is 712. The van der Waals surface area contributed by atoms with Gasteiger partial charge in [-0.25, -0.2) is 8.42 Å². The highest BCUT2D eigenvalue weighted by Gasteiger charge is 2.43. The molecule has 2 aliphatic rings. The normalized spacial score (nSPS) is 19.4. The van der Waals surface area contributed by atoms with Crippen molar-refractivity contribution in [2.75, 3.05) is 26.4 Å².